The van der Waals surface area contributed by atoms with Crippen LogP contribution in [-0.4, -0.2) is 29.3 Å². The Morgan fingerprint density at radius 1 is 1.33 bits per heavy atom. The molecule has 0 spiro atoms. The summed E-state index contributed by atoms with van der Waals surface area (Å²) in [5, 5.41) is 11.5. The van der Waals surface area contributed by atoms with Crippen molar-refractivity contribution in [3.63, 3.8) is 0 Å². The summed E-state index contributed by atoms with van der Waals surface area (Å²) in [6, 6.07) is 4.95. The van der Waals surface area contributed by atoms with Crippen LogP contribution < -0.4 is 5.32 Å². The normalized spacial score (nSPS) is 10.3. The summed E-state index contributed by atoms with van der Waals surface area (Å²) in [5.41, 5.74) is 0.941. The number of carboxylic acid groups (broad SMARTS) is 1. The number of benzene rings is 1. The highest BCUT2D eigenvalue weighted by Crippen LogP contribution is 2.10. The van der Waals surface area contributed by atoms with Gasteiger partial charge in [0.1, 0.15) is 5.60 Å². The van der Waals surface area contributed by atoms with E-state index in [1.54, 1.807) is 39.8 Å². The number of carbonyl (C=O) groups excluding carboxylic acids is 1. The smallest absolute Gasteiger partial charge is 0.408 e. The highest BCUT2D eigenvalue weighted by Gasteiger charge is 2.15. The molecule has 1 aromatic carbocycles. The second kappa shape index (κ2) is 6.80. The van der Waals surface area contributed by atoms with Crippen LogP contribution in [-0.2, 0) is 4.74 Å². The monoisotopic (exact) mass is 289 g/mol. The fourth-order valence-electron chi connectivity index (χ4n) is 1.51. The fraction of sp³-hybridized carbons (Fsp3) is 0.375. The predicted octanol–water partition coefficient (Wildman–Crippen LogP) is 2.57. The van der Waals surface area contributed by atoms with E-state index in [1.807, 2.05) is 0 Å². The Bertz CT molecular complexity index is 603. The molecule has 0 aromatic heterocycles. The van der Waals surface area contributed by atoms with Crippen LogP contribution in [0.3, 0.4) is 0 Å². The lowest BCUT2D eigenvalue weighted by Crippen LogP contribution is -2.32. The summed E-state index contributed by atoms with van der Waals surface area (Å²) in [7, 11) is 0. The van der Waals surface area contributed by atoms with Gasteiger partial charge in [0, 0.05) is 5.56 Å². The molecule has 0 heterocycles. The number of aryl methyl sites for hydroxylation is 1. The molecular formula is C16H19NO4. The van der Waals surface area contributed by atoms with Gasteiger partial charge in [0.15, 0.2) is 0 Å². The van der Waals surface area contributed by atoms with Crippen molar-refractivity contribution in [2.75, 3.05) is 6.54 Å². The number of hydrogen-bond donors (Lipinski definition) is 2. The lowest BCUT2D eigenvalue weighted by atomic mass is 10.1. The van der Waals surface area contributed by atoms with Crippen molar-refractivity contribution < 1.29 is 19.4 Å². The summed E-state index contributed by atoms with van der Waals surface area (Å²) < 4.78 is 5.06. The maximum absolute atomic E-state index is 11.4. The number of rotatable bonds is 2. The van der Waals surface area contributed by atoms with Gasteiger partial charge >= 0.3 is 12.1 Å². The molecule has 0 bridgehead atoms. The average Bonchev–Trinajstić information content (AvgIpc) is 2.34. The summed E-state index contributed by atoms with van der Waals surface area (Å²) in [4.78, 5) is 22.4. The Labute approximate surface area is 124 Å². The van der Waals surface area contributed by atoms with E-state index in [0.29, 0.717) is 11.1 Å². The number of carbonyl (C=O) groups is 2. The van der Waals surface area contributed by atoms with E-state index < -0.39 is 17.7 Å². The minimum atomic E-state index is -0.983. The third-order valence-electron chi connectivity index (χ3n) is 2.42. The van der Waals surface area contributed by atoms with Gasteiger partial charge in [0.2, 0.25) is 0 Å². The maximum Gasteiger partial charge on any atom is 0.408 e. The first-order valence-electron chi connectivity index (χ1n) is 6.49. The van der Waals surface area contributed by atoms with E-state index in [2.05, 4.69) is 17.2 Å². The molecule has 1 rings (SSSR count). The Hall–Kier alpha value is -2.48. The van der Waals surface area contributed by atoms with Gasteiger partial charge in [-0.3, -0.25) is 0 Å². The Kier molecular flexibility index (Phi) is 5.37. The van der Waals surface area contributed by atoms with E-state index in [9.17, 15) is 9.59 Å². The zero-order chi connectivity index (χ0) is 16.0. The van der Waals surface area contributed by atoms with Crippen LogP contribution in [0.15, 0.2) is 18.2 Å². The zero-order valence-corrected chi connectivity index (χ0v) is 12.6. The number of aromatic carboxylic acids is 1. The zero-order valence-electron chi connectivity index (χ0n) is 12.6. The van der Waals surface area contributed by atoms with E-state index in [0.717, 1.165) is 0 Å². The Balaban J connectivity index is 2.62. The standard InChI is InChI=1S/C16H19NO4/c1-11-7-8-12(10-13(11)14(18)19)6-5-9-17-15(20)21-16(2,3)4/h7-8,10H,9H2,1-4H3,(H,17,20)(H,18,19). The molecule has 21 heavy (non-hydrogen) atoms. The fourth-order valence-corrected chi connectivity index (χ4v) is 1.51. The molecule has 112 valence electrons. The number of alkyl carbamates (subject to hydrolysis) is 1. The maximum atomic E-state index is 11.4. The molecule has 5 heteroatoms. The minimum Gasteiger partial charge on any atom is -0.478 e. The molecule has 1 aromatic rings. The molecular weight excluding hydrogens is 270 g/mol. The molecule has 0 saturated heterocycles. The molecule has 0 aliphatic carbocycles. The summed E-state index contributed by atoms with van der Waals surface area (Å²) in [6.45, 7) is 7.18. The van der Waals surface area contributed by atoms with Gasteiger partial charge in [-0.1, -0.05) is 17.9 Å². The SMILES string of the molecule is Cc1ccc(C#CCNC(=O)OC(C)(C)C)cc1C(=O)O. The van der Waals surface area contributed by atoms with Gasteiger partial charge in [0.05, 0.1) is 12.1 Å². The molecule has 0 saturated carbocycles. The molecule has 5 nitrogen and oxygen atoms in total. The van der Waals surface area contributed by atoms with Crippen molar-refractivity contribution in [2.45, 2.75) is 33.3 Å². The van der Waals surface area contributed by atoms with E-state index in [1.165, 1.54) is 6.07 Å². The Morgan fingerprint density at radius 3 is 2.57 bits per heavy atom. The van der Waals surface area contributed by atoms with Gasteiger partial charge in [0.25, 0.3) is 0 Å². The first-order chi connectivity index (χ1) is 9.69. The first-order valence-corrected chi connectivity index (χ1v) is 6.49. The molecule has 2 N–H and O–H groups in total. The molecule has 0 fully saturated rings. The van der Waals surface area contributed by atoms with Crippen molar-refractivity contribution in [3.8, 4) is 11.8 Å². The lowest BCUT2D eigenvalue weighted by Gasteiger charge is -2.18. The number of hydrogen-bond acceptors (Lipinski definition) is 3. The molecule has 0 aliphatic rings. The highest BCUT2D eigenvalue weighted by atomic mass is 16.6. The average molecular weight is 289 g/mol. The number of carboxylic acids is 1. The molecule has 0 atom stereocenters. The van der Waals surface area contributed by atoms with Gasteiger partial charge in [-0.25, -0.2) is 9.59 Å². The van der Waals surface area contributed by atoms with Crippen LogP contribution in [0.1, 0.15) is 42.3 Å². The van der Waals surface area contributed by atoms with Crippen LogP contribution in [0.25, 0.3) is 0 Å². The molecule has 0 radical (unpaired) electrons. The Morgan fingerprint density at radius 2 is 2.00 bits per heavy atom. The van der Waals surface area contributed by atoms with Gasteiger partial charge < -0.3 is 15.2 Å². The summed E-state index contributed by atoms with van der Waals surface area (Å²) in [5.74, 6) is 4.57. The van der Waals surface area contributed by atoms with Crippen LogP contribution in [0.4, 0.5) is 4.79 Å². The van der Waals surface area contributed by atoms with Gasteiger partial charge in [-0.2, -0.15) is 0 Å². The molecule has 0 aliphatic heterocycles. The lowest BCUT2D eigenvalue weighted by molar-refractivity contribution is 0.0534. The van der Waals surface area contributed by atoms with Crippen molar-refractivity contribution in [3.05, 3.63) is 34.9 Å². The third-order valence-corrected chi connectivity index (χ3v) is 2.42. The highest BCUT2D eigenvalue weighted by molar-refractivity contribution is 5.89. The van der Waals surface area contributed by atoms with Gasteiger partial charge in [-0.05, 0) is 45.4 Å². The third kappa shape index (κ3) is 6.00. The van der Waals surface area contributed by atoms with Crippen LogP contribution >= 0.6 is 0 Å². The second-order valence-electron chi connectivity index (χ2n) is 5.49. The summed E-state index contributed by atoms with van der Waals surface area (Å²) >= 11 is 0. The second-order valence-corrected chi connectivity index (χ2v) is 5.49. The minimum absolute atomic E-state index is 0.130. The van der Waals surface area contributed by atoms with Crippen molar-refractivity contribution in [1.29, 1.82) is 0 Å². The molecule has 1 amide bonds. The van der Waals surface area contributed by atoms with Crippen molar-refractivity contribution in [1.82, 2.24) is 5.32 Å². The number of amides is 1. The van der Waals surface area contributed by atoms with Crippen molar-refractivity contribution >= 4 is 12.1 Å². The van der Waals surface area contributed by atoms with E-state index in [-0.39, 0.29) is 12.1 Å². The predicted molar refractivity (Wildman–Crippen MR) is 79.3 cm³/mol. The van der Waals surface area contributed by atoms with Crippen LogP contribution in [0.5, 0.6) is 0 Å². The van der Waals surface area contributed by atoms with Gasteiger partial charge in [-0.15, -0.1) is 0 Å². The molecule has 0 unspecified atom stereocenters. The first kappa shape index (κ1) is 16.6. The number of nitrogens with one attached hydrogen (secondary N) is 1. The van der Waals surface area contributed by atoms with E-state index in [4.69, 9.17) is 9.84 Å². The topological polar surface area (TPSA) is 75.6 Å². The summed E-state index contributed by atoms with van der Waals surface area (Å²) in [6.07, 6.45) is -0.535. The van der Waals surface area contributed by atoms with E-state index >= 15 is 0 Å². The van der Waals surface area contributed by atoms with Crippen LogP contribution in [0.2, 0.25) is 0 Å². The van der Waals surface area contributed by atoms with Crippen molar-refractivity contribution in [2.24, 2.45) is 0 Å². The van der Waals surface area contributed by atoms with Crippen LogP contribution in [0, 0.1) is 18.8 Å². The quantitative estimate of drug-likeness (QED) is 0.820. The largest absolute Gasteiger partial charge is 0.478 e. The number of ether oxygens (including phenoxy) is 1.